The summed E-state index contributed by atoms with van der Waals surface area (Å²) in [6.45, 7) is 5.27. The molecule has 3 nitrogen and oxygen atoms in total. The molecule has 1 aromatic heterocycles. The van der Waals surface area contributed by atoms with Gasteiger partial charge in [-0.15, -0.1) is 0 Å². The maximum absolute atomic E-state index is 5.80. The maximum Gasteiger partial charge on any atom is 0.159 e. The van der Waals surface area contributed by atoms with Gasteiger partial charge in [-0.05, 0) is 24.8 Å². The van der Waals surface area contributed by atoms with Gasteiger partial charge in [0.15, 0.2) is 11.6 Å². The molecule has 0 saturated heterocycles. The van der Waals surface area contributed by atoms with E-state index in [1.807, 2.05) is 0 Å². The maximum atomic E-state index is 5.80. The number of hydrogen-bond acceptors (Lipinski definition) is 3. The van der Waals surface area contributed by atoms with Crippen LogP contribution < -0.4 is 4.74 Å². The molecular weight excluding hydrogens is 356 g/mol. The van der Waals surface area contributed by atoms with Crippen molar-refractivity contribution in [3.05, 3.63) is 42.2 Å². The second-order valence-corrected chi connectivity index (χ2v) is 8.07. The Kier molecular flexibility index (Phi) is 12.1. The number of hydrogen-bond donors (Lipinski definition) is 0. The van der Waals surface area contributed by atoms with Gasteiger partial charge < -0.3 is 4.74 Å². The van der Waals surface area contributed by atoms with Crippen molar-refractivity contribution in [3.8, 4) is 17.1 Å². The summed E-state index contributed by atoms with van der Waals surface area (Å²) in [5.74, 6) is 1.53. The minimum Gasteiger partial charge on any atom is -0.490 e. The zero-order valence-electron chi connectivity index (χ0n) is 18.7. The van der Waals surface area contributed by atoms with Crippen LogP contribution in [0.1, 0.15) is 96.5 Å². The molecule has 3 heteroatoms. The lowest BCUT2D eigenvalue weighted by atomic mass is 10.0. The number of nitrogens with zero attached hydrogens (tertiary/aromatic N) is 2. The summed E-state index contributed by atoms with van der Waals surface area (Å²) < 4.78 is 5.80. The van der Waals surface area contributed by atoms with E-state index in [9.17, 15) is 0 Å². The molecule has 0 spiro atoms. The summed E-state index contributed by atoms with van der Waals surface area (Å²) in [6.07, 6.45) is 20.5. The SMILES string of the molecule is CCCCCCCCCCOc1cnc(-c2ccc(CCCCCC)cc2)nc1. The van der Waals surface area contributed by atoms with Gasteiger partial charge >= 0.3 is 0 Å². The third-order valence-electron chi connectivity index (χ3n) is 5.43. The molecule has 0 atom stereocenters. The number of ether oxygens (including phenoxy) is 1. The predicted octanol–water partition coefficient (Wildman–Crippen LogP) is 7.79. The fourth-order valence-corrected chi connectivity index (χ4v) is 3.54. The Hall–Kier alpha value is -1.90. The van der Waals surface area contributed by atoms with Crippen molar-refractivity contribution in [1.29, 1.82) is 0 Å². The molecule has 1 aromatic carbocycles. The summed E-state index contributed by atoms with van der Waals surface area (Å²) in [5, 5.41) is 0. The number of benzene rings is 1. The highest BCUT2D eigenvalue weighted by Crippen LogP contribution is 2.19. The number of unbranched alkanes of at least 4 members (excludes halogenated alkanes) is 10. The first-order valence-electron chi connectivity index (χ1n) is 11.9. The molecule has 0 saturated carbocycles. The molecule has 2 aromatic rings. The van der Waals surface area contributed by atoms with Gasteiger partial charge in [0.2, 0.25) is 0 Å². The molecular formula is C26H40N2O. The second-order valence-electron chi connectivity index (χ2n) is 8.07. The molecule has 0 aliphatic carbocycles. The molecule has 0 aliphatic rings. The minimum atomic E-state index is 0.754. The highest BCUT2D eigenvalue weighted by atomic mass is 16.5. The summed E-state index contributed by atoms with van der Waals surface area (Å²) in [7, 11) is 0. The van der Waals surface area contributed by atoms with E-state index in [0.29, 0.717) is 0 Å². The third kappa shape index (κ3) is 9.92. The van der Waals surface area contributed by atoms with Crippen molar-refractivity contribution < 1.29 is 4.74 Å². The lowest BCUT2D eigenvalue weighted by molar-refractivity contribution is 0.302. The van der Waals surface area contributed by atoms with Crippen molar-refractivity contribution in [2.24, 2.45) is 0 Å². The third-order valence-corrected chi connectivity index (χ3v) is 5.43. The average molecular weight is 397 g/mol. The topological polar surface area (TPSA) is 35.0 Å². The summed E-state index contributed by atoms with van der Waals surface area (Å²) in [4.78, 5) is 8.97. The van der Waals surface area contributed by atoms with E-state index in [4.69, 9.17) is 4.74 Å². The summed E-state index contributed by atoms with van der Waals surface area (Å²) >= 11 is 0. The molecule has 29 heavy (non-hydrogen) atoms. The first kappa shape index (κ1) is 23.4. The van der Waals surface area contributed by atoms with Crippen LogP contribution in [0.3, 0.4) is 0 Å². The summed E-state index contributed by atoms with van der Waals surface area (Å²) in [6, 6.07) is 8.67. The quantitative estimate of drug-likeness (QED) is 0.272. The van der Waals surface area contributed by atoms with Gasteiger partial charge in [0.05, 0.1) is 19.0 Å². The van der Waals surface area contributed by atoms with Crippen molar-refractivity contribution in [1.82, 2.24) is 9.97 Å². The molecule has 0 N–H and O–H groups in total. The lowest BCUT2D eigenvalue weighted by Crippen LogP contribution is -1.99. The van der Waals surface area contributed by atoms with Crippen LogP contribution in [0.2, 0.25) is 0 Å². The molecule has 0 fully saturated rings. The molecule has 1 heterocycles. The van der Waals surface area contributed by atoms with Crippen LogP contribution in [-0.2, 0) is 6.42 Å². The van der Waals surface area contributed by atoms with Gasteiger partial charge in [-0.1, -0.05) is 102 Å². The van der Waals surface area contributed by atoms with E-state index in [1.165, 1.54) is 76.2 Å². The Bertz CT molecular complexity index is 637. The fraction of sp³-hybridized carbons (Fsp3) is 0.615. The van der Waals surface area contributed by atoms with Crippen molar-refractivity contribution in [3.63, 3.8) is 0 Å². The van der Waals surface area contributed by atoms with Crippen LogP contribution in [0.4, 0.5) is 0 Å². The smallest absolute Gasteiger partial charge is 0.159 e. The molecule has 2 rings (SSSR count). The highest BCUT2D eigenvalue weighted by molar-refractivity contribution is 5.55. The fourth-order valence-electron chi connectivity index (χ4n) is 3.54. The van der Waals surface area contributed by atoms with E-state index < -0.39 is 0 Å². The van der Waals surface area contributed by atoms with Crippen LogP contribution in [0.15, 0.2) is 36.7 Å². The predicted molar refractivity (Wildman–Crippen MR) is 123 cm³/mol. The lowest BCUT2D eigenvalue weighted by Gasteiger charge is -2.07. The minimum absolute atomic E-state index is 0.754. The van der Waals surface area contributed by atoms with Gasteiger partial charge in [-0.2, -0.15) is 0 Å². The average Bonchev–Trinajstić information content (AvgIpc) is 2.76. The first-order chi connectivity index (χ1) is 14.3. The van der Waals surface area contributed by atoms with Gasteiger partial charge in [0, 0.05) is 5.56 Å². The number of aryl methyl sites for hydroxylation is 1. The number of aromatic nitrogens is 2. The van der Waals surface area contributed by atoms with Crippen molar-refractivity contribution in [2.45, 2.75) is 97.3 Å². The molecule has 0 unspecified atom stereocenters. The zero-order valence-corrected chi connectivity index (χ0v) is 18.7. The summed E-state index contributed by atoms with van der Waals surface area (Å²) in [5.41, 5.74) is 2.46. The Morgan fingerprint density at radius 1 is 0.655 bits per heavy atom. The standard InChI is InChI=1S/C26H40N2O/c1-3-5-7-9-10-11-12-14-20-29-25-21-27-26(28-22-25)24-18-16-23(17-19-24)15-13-8-6-4-2/h16-19,21-22H,3-15,20H2,1-2H3. The largest absolute Gasteiger partial charge is 0.490 e. The zero-order chi connectivity index (χ0) is 20.6. The molecule has 160 valence electrons. The van der Waals surface area contributed by atoms with Gasteiger partial charge in [0.1, 0.15) is 0 Å². The van der Waals surface area contributed by atoms with Crippen molar-refractivity contribution in [2.75, 3.05) is 6.61 Å². The molecule has 0 aliphatic heterocycles. The normalized spacial score (nSPS) is 11.0. The van der Waals surface area contributed by atoms with E-state index in [2.05, 4.69) is 48.1 Å². The van der Waals surface area contributed by atoms with Crippen LogP contribution in [0, 0.1) is 0 Å². The van der Waals surface area contributed by atoms with Crippen molar-refractivity contribution >= 4 is 0 Å². The van der Waals surface area contributed by atoms with E-state index in [0.717, 1.165) is 36.6 Å². The van der Waals surface area contributed by atoms with Gasteiger partial charge in [0.25, 0.3) is 0 Å². The Morgan fingerprint density at radius 3 is 1.83 bits per heavy atom. The van der Waals surface area contributed by atoms with Crippen LogP contribution >= 0.6 is 0 Å². The Morgan fingerprint density at radius 2 is 1.21 bits per heavy atom. The second kappa shape index (κ2) is 15.0. The molecule has 0 bridgehead atoms. The van der Waals surface area contributed by atoms with Crippen LogP contribution in [0.25, 0.3) is 11.4 Å². The Labute approximate surface area is 178 Å². The molecule has 0 radical (unpaired) electrons. The first-order valence-corrected chi connectivity index (χ1v) is 11.9. The van der Waals surface area contributed by atoms with Crippen LogP contribution in [-0.4, -0.2) is 16.6 Å². The van der Waals surface area contributed by atoms with E-state index in [1.54, 1.807) is 12.4 Å². The van der Waals surface area contributed by atoms with Gasteiger partial charge in [-0.3, -0.25) is 0 Å². The molecule has 0 amide bonds. The van der Waals surface area contributed by atoms with E-state index >= 15 is 0 Å². The Balaban J connectivity index is 1.65. The monoisotopic (exact) mass is 396 g/mol. The highest BCUT2D eigenvalue weighted by Gasteiger charge is 2.03. The van der Waals surface area contributed by atoms with E-state index in [-0.39, 0.29) is 0 Å². The van der Waals surface area contributed by atoms with Gasteiger partial charge in [-0.25, -0.2) is 9.97 Å². The number of rotatable bonds is 16. The van der Waals surface area contributed by atoms with Crippen LogP contribution in [0.5, 0.6) is 5.75 Å².